The minimum Gasteiger partial charge on any atom is -0.493 e. The second-order valence-corrected chi connectivity index (χ2v) is 6.82. The zero-order chi connectivity index (χ0) is 19.3. The predicted molar refractivity (Wildman–Crippen MR) is 108 cm³/mol. The number of ether oxygens (including phenoxy) is 4. The van der Waals surface area contributed by atoms with Gasteiger partial charge >= 0.3 is 0 Å². The van der Waals surface area contributed by atoms with E-state index in [1.165, 1.54) is 13.2 Å². The van der Waals surface area contributed by atoms with Gasteiger partial charge in [-0.05, 0) is 57.9 Å². The number of allylic oxidation sites excluding steroid dienone is 1. The molecule has 0 fully saturated rings. The normalized spacial score (nSPS) is 10.7. The summed E-state index contributed by atoms with van der Waals surface area (Å²) < 4.78 is 22.4. The molecule has 0 aliphatic heterocycles. The van der Waals surface area contributed by atoms with Gasteiger partial charge in [-0.2, -0.15) is 0 Å². The number of rotatable bonds is 7. The lowest BCUT2D eigenvalue weighted by atomic mass is 10.1. The first kappa shape index (κ1) is 20.3. The molecular weight excluding hydrogens is 468 g/mol. The third-order valence-corrected chi connectivity index (χ3v) is 5.00. The Balaban J connectivity index is 2.36. The van der Waals surface area contributed by atoms with E-state index in [1.54, 1.807) is 51.7 Å². The fourth-order valence-corrected chi connectivity index (χ4v) is 3.27. The first-order valence-electron chi connectivity index (χ1n) is 7.50. The largest absolute Gasteiger partial charge is 0.493 e. The molecule has 26 heavy (non-hydrogen) atoms. The lowest BCUT2D eigenvalue weighted by Gasteiger charge is -2.11. The molecular formula is C19H18Br2O5. The van der Waals surface area contributed by atoms with E-state index in [1.807, 2.05) is 0 Å². The van der Waals surface area contributed by atoms with Gasteiger partial charge in [0.05, 0.1) is 28.4 Å². The highest BCUT2D eigenvalue weighted by atomic mass is 79.9. The quantitative estimate of drug-likeness (QED) is 0.401. The summed E-state index contributed by atoms with van der Waals surface area (Å²) in [5.41, 5.74) is 1.25. The maximum absolute atomic E-state index is 12.6. The van der Waals surface area contributed by atoms with Crippen molar-refractivity contribution in [3.8, 4) is 23.0 Å². The van der Waals surface area contributed by atoms with Crippen LogP contribution in [-0.4, -0.2) is 34.2 Å². The molecule has 2 rings (SSSR count). The molecule has 2 aromatic rings. The number of methoxy groups -OCH3 is 4. The van der Waals surface area contributed by atoms with Crippen molar-refractivity contribution in [2.24, 2.45) is 0 Å². The van der Waals surface area contributed by atoms with E-state index in [0.29, 0.717) is 33.0 Å². The van der Waals surface area contributed by atoms with Crippen LogP contribution in [0.25, 0.3) is 6.08 Å². The first-order valence-corrected chi connectivity index (χ1v) is 9.09. The highest BCUT2D eigenvalue weighted by Crippen LogP contribution is 2.35. The Morgan fingerprint density at radius 3 is 1.77 bits per heavy atom. The molecule has 0 aliphatic rings. The summed E-state index contributed by atoms with van der Waals surface area (Å²) in [5, 5.41) is 0. The average Bonchev–Trinajstić information content (AvgIpc) is 2.65. The maximum atomic E-state index is 12.6. The van der Waals surface area contributed by atoms with Crippen LogP contribution in [0.4, 0.5) is 0 Å². The van der Waals surface area contributed by atoms with Gasteiger partial charge in [0.2, 0.25) is 0 Å². The summed E-state index contributed by atoms with van der Waals surface area (Å²) >= 11 is 6.87. The Kier molecular flexibility index (Phi) is 7.11. The van der Waals surface area contributed by atoms with Gasteiger partial charge in [-0.15, -0.1) is 0 Å². The van der Waals surface area contributed by atoms with Crippen molar-refractivity contribution in [2.75, 3.05) is 28.4 Å². The Morgan fingerprint density at radius 2 is 1.23 bits per heavy atom. The van der Waals surface area contributed by atoms with Crippen LogP contribution in [-0.2, 0) is 0 Å². The standard InChI is InChI=1S/C19H18Br2O5/c1-23-16-7-11(13(20)9-18(16)25-3)5-6-15(22)12-8-17(24-2)19(26-4)10-14(12)21/h5-10H,1-4H3/b6-5+. The zero-order valence-electron chi connectivity index (χ0n) is 14.8. The fraction of sp³-hybridized carbons (Fsp3) is 0.211. The smallest absolute Gasteiger partial charge is 0.187 e. The van der Waals surface area contributed by atoms with Crippen molar-refractivity contribution in [1.29, 1.82) is 0 Å². The molecule has 2 aromatic carbocycles. The van der Waals surface area contributed by atoms with Crippen molar-refractivity contribution >= 4 is 43.7 Å². The molecule has 0 unspecified atom stereocenters. The summed E-state index contributed by atoms with van der Waals surface area (Å²) in [6.07, 6.45) is 3.19. The van der Waals surface area contributed by atoms with Crippen molar-refractivity contribution in [3.05, 3.63) is 50.4 Å². The maximum Gasteiger partial charge on any atom is 0.187 e. The lowest BCUT2D eigenvalue weighted by Crippen LogP contribution is -1.99. The number of halogens is 2. The van der Waals surface area contributed by atoms with Gasteiger partial charge in [0.15, 0.2) is 28.8 Å². The van der Waals surface area contributed by atoms with E-state index in [0.717, 1.165) is 10.0 Å². The number of hydrogen-bond acceptors (Lipinski definition) is 5. The summed E-state index contributed by atoms with van der Waals surface area (Å²) in [6, 6.07) is 6.91. The van der Waals surface area contributed by atoms with Crippen LogP contribution in [0, 0.1) is 0 Å². The summed E-state index contributed by atoms with van der Waals surface area (Å²) in [4.78, 5) is 12.6. The lowest BCUT2D eigenvalue weighted by molar-refractivity contribution is 0.104. The Labute approximate surface area is 169 Å². The molecule has 0 saturated heterocycles. The topological polar surface area (TPSA) is 54.0 Å². The van der Waals surface area contributed by atoms with E-state index in [-0.39, 0.29) is 5.78 Å². The number of ketones is 1. The van der Waals surface area contributed by atoms with Gasteiger partial charge in [-0.3, -0.25) is 4.79 Å². The van der Waals surface area contributed by atoms with Crippen molar-refractivity contribution in [1.82, 2.24) is 0 Å². The van der Waals surface area contributed by atoms with Gasteiger partial charge in [-0.25, -0.2) is 0 Å². The van der Waals surface area contributed by atoms with E-state index < -0.39 is 0 Å². The van der Waals surface area contributed by atoms with Crippen LogP contribution < -0.4 is 18.9 Å². The van der Waals surface area contributed by atoms with Crippen molar-refractivity contribution in [2.45, 2.75) is 0 Å². The molecule has 0 aliphatic carbocycles. The molecule has 0 saturated carbocycles. The molecule has 138 valence electrons. The van der Waals surface area contributed by atoms with E-state index in [9.17, 15) is 4.79 Å². The summed E-state index contributed by atoms with van der Waals surface area (Å²) in [6.45, 7) is 0. The molecule has 0 radical (unpaired) electrons. The third kappa shape index (κ3) is 4.40. The molecule has 0 bridgehead atoms. The Hall–Kier alpha value is -1.99. The average molecular weight is 486 g/mol. The monoisotopic (exact) mass is 484 g/mol. The van der Waals surface area contributed by atoms with Crippen molar-refractivity contribution in [3.63, 3.8) is 0 Å². The van der Waals surface area contributed by atoms with Crippen LogP contribution in [0.5, 0.6) is 23.0 Å². The number of hydrogen-bond donors (Lipinski definition) is 0. The number of carbonyl (C=O) groups excluding carboxylic acids is 1. The molecule has 0 spiro atoms. The molecule has 7 heteroatoms. The molecule has 0 aromatic heterocycles. The predicted octanol–water partition coefficient (Wildman–Crippen LogP) is 5.14. The summed E-state index contributed by atoms with van der Waals surface area (Å²) in [5.74, 6) is 2.03. The highest BCUT2D eigenvalue weighted by molar-refractivity contribution is 9.10. The SMILES string of the molecule is COc1cc(Br)c(/C=C/C(=O)c2cc(OC)c(OC)cc2Br)cc1OC. The molecule has 0 N–H and O–H groups in total. The second kappa shape index (κ2) is 9.09. The molecule has 5 nitrogen and oxygen atoms in total. The van der Waals surface area contributed by atoms with Gasteiger partial charge in [-0.1, -0.05) is 15.9 Å². The van der Waals surface area contributed by atoms with Gasteiger partial charge in [0, 0.05) is 14.5 Å². The van der Waals surface area contributed by atoms with Crippen LogP contribution in [0.15, 0.2) is 39.3 Å². The zero-order valence-corrected chi connectivity index (χ0v) is 17.9. The first-order chi connectivity index (χ1) is 12.4. The van der Waals surface area contributed by atoms with Crippen LogP contribution in [0.2, 0.25) is 0 Å². The van der Waals surface area contributed by atoms with E-state index in [2.05, 4.69) is 31.9 Å². The Morgan fingerprint density at radius 1 is 0.769 bits per heavy atom. The number of carbonyl (C=O) groups is 1. The van der Waals surface area contributed by atoms with Gasteiger partial charge < -0.3 is 18.9 Å². The summed E-state index contributed by atoms with van der Waals surface area (Å²) in [7, 11) is 6.19. The number of benzene rings is 2. The minimum atomic E-state index is -0.181. The Bertz CT molecular complexity index is 846. The third-order valence-electron chi connectivity index (χ3n) is 3.66. The molecule has 0 atom stereocenters. The fourth-order valence-electron chi connectivity index (χ4n) is 2.30. The van der Waals surface area contributed by atoms with Crippen molar-refractivity contribution < 1.29 is 23.7 Å². The van der Waals surface area contributed by atoms with Gasteiger partial charge in [0.1, 0.15) is 0 Å². The highest BCUT2D eigenvalue weighted by Gasteiger charge is 2.14. The van der Waals surface area contributed by atoms with Crippen LogP contribution in [0.3, 0.4) is 0 Å². The molecule has 0 heterocycles. The second-order valence-electron chi connectivity index (χ2n) is 5.11. The van der Waals surface area contributed by atoms with Crippen LogP contribution >= 0.6 is 31.9 Å². The minimum absolute atomic E-state index is 0.181. The molecule has 0 amide bonds. The van der Waals surface area contributed by atoms with Crippen LogP contribution in [0.1, 0.15) is 15.9 Å². The van der Waals surface area contributed by atoms with E-state index >= 15 is 0 Å². The van der Waals surface area contributed by atoms with E-state index in [4.69, 9.17) is 18.9 Å². The van der Waals surface area contributed by atoms with Gasteiger partial charge in [0.25, 0.3) is 0 Å².